The number of halogens is 1. The molecule has 0 bridgehead atoms. The van der Waals surface area contributed by atoms with Crippen LogP contribution in [0.2, 0.25) is 0 Å². The molecule has 2 rings (SSSR count). The lowest BCUT2D eigenvalue weighted by Crippen LogP contribution is -2.50. The fraction of sp³-hybridized carbons (Fsp3) is 0.682. The molecule has 0 saturated carbocycles. The summed E-state index contributed by atoms with van der Waals surface area (Å²) in [5.74, 6) is 1.80. The van der Waals surface area contributed by atoms with E-state index in [0.717, 1.165) is 44.2 Å². The van der Waals surface area contributed by atoms with Gasteiger partial charge in [0.2, 0.25) is 0 Å². The van der Waals surface area contributed by atoms with E-state index in [0.29, 0.717) is 18.6 Å². The number of nitrogens with one attached hydrogen (secondary N) is 2. The first-order valence-corrected chi connectivity index (χ1v) is 10.5. The van der Waals surface area contributed by atoms with Crippen molar-refractivity contribution in [2.45, 2.75) is 51.7 Å². The summed E-state index contributed by atoms with van der Waals surface area (Å²) in [4.78, 5) is 9.67. The van der Waals surface area contributed by atoms with Crippen LogP contribution in [0.4, 0.5) is 0 Å². The lowest BCUT2D eigenvalue weighted by Gasteiger charge is -2.35. The molecule has 166 valence electrons. The molecule has 6 nitrogen and oxygen atoms in total. The highest BCUT2D eigenvalue weighted by Gasteiger charge is 2.22. The predicted octanol–water partition coefficient (Wildman–Crippen LogP) is 3.34. The van der Waals surface area contributed by atoms with Crippen LogP contribution in [0.3, 0.4) is 0 Å². The van der Waals surface area contributed by atoms with Gasteiger partial charge in [0.1, 0.15) is 5.75 Å². The van der Waals surface area contributed by atoms with Crippen LogP contribution in [0.15, 0.2) is 29.3 Å². The van der Waals surface area contributed by atoms with E-state index in [1.54, 1.807) is 7.11 Å². The number of methoxy groups -OCH3 is 1. The van der Waals surface area contributed by atoms with E-state index >= 15 is 0 Å². The summed E-state index contributed by atoms with van der Waals surface area (Å²) >= 11 is 0. The van der Waals surface area contributed by atoms with Gasteiger partial charge in [-0.15, -0.1) is 24.0 Å². The Balaban J connectivity index is 0.00000420. The number of benzene rings is 1. The molecule has 0 spiro atoms. The summed E-state index contributed by atoms with van der Waals surface area (Å²) in [6, 6.07) is 9.59. The van der Waals surface area contributed by atoms with Crippen molar-refractivity contribution in [3.63, 3.8) is 0 Å². The van der Waals surface area contributed by atoms with Gasteiger partial charge in [-0.05, 0) is 65.4 Å². The zero-order valence-electron chi connectivity index (χ0n) is 18.9. The van der Waals surface area contributed by atoms with E-state index in [-0.39, 0.29) is 30.0 Å². The number of hydrogen-bond donors (Lipinski definition) is 2. The smallest absolute Gasteiger partial charge is 0.191 e. The largest absolute Gasteiger partial charge is 0.497 e. The maximum Gasteiger partial charge on any atom is 0.191 e. The summed E-state index contributed by atoms with van der Waals surface area (Å²) in [5, 5.41) is 7.07. The Morgan fingerprint density at radius 3 is 2.52 bits per heavy atom. The molecular weight excluding hydrogens is 477 g/mol. The molecule has 1 unspecified atom stereocenters. The lowest BCUT2D eigenvalue weighted by atomic mass is 10.0. The van der Waals surface area contributed by atoms with E-state index in [1.165, 1.54) is 5.56 Å². The standard InChI is InChI=1S/C22H39N5O.HI/c1-7-23-22(25-19-11-13-27(14-12-19)17(2)3)24-16-21(26(4)5)18-9-8-10-20(15-18)28-6;/h8-10,15,17,19,21H,7,11-14,16H2,1-6H3,(H2,23,24,25);1H. The number of hydrogen-bond acceptors (Lipinski definition) is 4. The van der Waals surface area contributed by atoms with E-state index in [2.05, 4.69) is 67.4 Å². The van der Waals surface area contributed by atoms with Gasteiger partial charge in [-0.25, -0.2) is 0 Å². The number of likely N-dealkylation sites (tertiary alicyclic amines) is 1. The molecule has 1 aliphatic rings. The van der Waals surface area contributed by atoms with Crippen LogP contribution in [0, 0.1) is 0 Å². The summed E-state index contributed by atoms with van der Waals surface area (Å²) < 4.78 is 5.39. The Hall–Kier alpha value is -1.06. The molecule has 29 heavy (non-hydrogen) atoms. The SMILES string of the molecule is CCNC(=NCC(c1cccc(OC)c1)N(C)C)NC1CCN(C(C)C)CC1.I. The first kappa shape index (κ1) is 26.0. The summed E-state index contributed by atoms with van der Waals surface area (Å²) in [6.45, 7) is 10.5. The average molecular weight is 518 g/mol. The fourth-order valence-electron chi connectivity index (χ4n) is 3.67. The predicted molar refractivity (Wildman–Crippen MR) is 134 cm³/mol. The molecule has 1 heterocycles. The van der Waals surface area contributed by atoms with Crippen LogP contribution < -0.4 is 15.4 Å². The molecule has 1 saturated heterocycles. The van der Waals surface area contributed by atoms with Crippen molar-refractivity contribution in [3.05, 3.63) is 29.8 Å². The minimum Gasteiger partial charge on any atom is -0.497 e. The highest BCUT2D eigenvalue weighted by Crippen LogP contribution is 2.23. The fourth-order valence-corrected chi connectivity index (χ4v) is 3.67. The van der Waals surface area contributed by atoms with Crippen LogP contribution >= 0.6 is 24.0 Å². The van der Waals surface area contributed by atoms with E-state index in [1.807, 2.05) is 12.1 Å². The van der Waals surface area contributed by atoms with Crippen molar-refractivity contribution < 1.29 is 4.74 Å². The Morgan fingerprint density at radius 2 is 1.97 bits per heavy atom. The minimum absolute atomic E-state index is 0. The van der Waals surface area contributed by atoms with Crippen molar-refractivity contribution in [1.82, 2.24) is 20.4 Å². The lowest BCUT2D eigenvalue weighted by molar-refractivity contribution is 0.167. The van der Waals surface area contributed by atoms with Gasteiger partial charge in [-0.1, -0.05) is 12.1 Å². The molecular formula is C22H40IN5O. The minimum atomic E-state index is 0. The number of likely N-dealkylation sites (N-methyl/N-ethyl adjacent to an activating group) is 1. The number of rotatable bonds is 8. The van der Waals surface area contributed by atoms with Gasteiger partial charge in [0.05, 0.1) is 19.7 Å². The quantitative estimate of drug-likeness (QED) is 0.315. The van der Waals surface area contributed by atoms with Gasteiger partial charge in [-0.2, -0.15) is 0 Å². The molecule has 0 radical (unpaired) electrons. The molecule has 2 N–H and O–H groups in total. The Morgan fingerprint density at radius 1 is 1.28 bits per heavy atom. The van der Waals surface area contributed by atoms with Crippen LogP contribution in [-0.4, -0.2) is 75.2 Å². The van der Waals surface area contributed by atoms with Crippen molar-refractivity contribution in [2.75, 3.05) is 47.4 Å². The Labute approximate surface area is 194 Å². The van der Waals surface area contributed by atoms with Crippen LogP contribution in [0.5, 0.6) is 5.75 Å². The van der Waals surface area contributed by atoms with Gasteiger partial charge in [-0.3, -0.25) is 4.99 Å². The number of ether oxygens (including phenoxy) is 1. The topological polar surface area (TPSA) is 52.1 Å². The van der Waals surface area contributed by atoms with E-state index < -0.39 is 0 Å². The summed E-state index contributed by atoms with van der Waals surface area (Å²) in [5.41, 5.74) is 1.22. The maximum absolute atomic E-state index is 5.39. The number of aliphatic imine (C=N–C) groups is 1. The second-order valence-corrected chi connectivity index (χ2v) is 8.02. The second-order valence-electron chi connectivity index (χ2n) is 8.02. The Bertz CT molecular complexity index is 615. The van der Waals surface area contributed by atoms with E-state index in [4.69, 9.17) is 9.73 Å². The first-order valence-electron chi connectivity index (χ1n) is 10.5. The zero-order valence-corrected chi connectivity index (χ0v) is 21.3. The van der Waals surface area contributed by atoms with Crippen molar-refractivity contribution in [2.24, 2.45) is 4.99 Å². The molecule has 0 aromatic heterocycles. The van der Waals surface area contributed by atoms with Crippen LogP contribution in [-0.2, 0) is 0 Å². The number of piperidine rings is 1. The first-order chi connectivity index (χ1) is 13.4. The van der Waals surface area contributed by atoms with Crippen LogP contribution in [0.1, 0.15) is 45.2 Å². The van der Waals surface area contributed by atoms with Gasteiger partial charge in [0.15, 0.2) is 5.96 Å². The molecule has 1 aromatic carbocycles. The van der Waals surface area contributed by atoms with Gasteiger partial charge in [0, 0.05) is 31.7 Å². The van der Waals surface area contributed by atoms with Crippen molar-refractivity contribution in [3.8, 4) is 5.75 Å². The van der Waals surface area contributed by atoms with Gasteiger partial charge in [0.25, 0.3) is 0 Å². The van der Waals surface area contributed by atoms with Gasteiger partial charge < -0.3 is 25.2 Å². The molecule has 7 heteroatoms. The highest BCUT2D eigenvalue weighted by molar-refractivity contribution is 14.0. The van der Waals surface area contributed by atoms with Gasteiger partial charge >= 0.3 is 0 Å². The molecule has 1 aromatic rings. The third kappa shape index (κ3) is 8.30. The third-order valence-electron chi connectivity index (χ3n) is 5.47. The molecule has 0 aliphatic carbocycles. The maximum atomic E-state index is 5.39. The summed E-state index contributed by atoms with van der Waals surface area (Å²) in [6.07, 6.45) is 2.32. The van der Waals surface area contributed by atoms with Crippen LogP contribution in [0.25, 0.3) is 0 Å². The number of nitrogens with zero attached hydrogens (tertiary/aromatic N) is 3. The molecule has 1 aliphatic heterocycles. The molecule has 0 amide bonds. The second kappa shape index (κ2) is 13.3. The normalized spacial score (nSPS) is 17.2. The molecule has 1 fully saturated rings. The van der Waals surface area contributed by atoms with Crippen molar-refractivity contribution >= 4 is 29.9 Å². The van der Waals surface area contributed by atoms with E-state index in [9.17, 15) is 0 Å². The Kier molecular flexibility index (Phi) is 11.9. The molecule has 1 atom stereocenters. The zero-order chi connectivity index (χ0) is 20.5. The summed E-state index contributed by atoms with van der Waals surface area (Å²) in [7, 11) is 5.91. The van der Waals surface area contributed by atoms with Crippen molar-refractivity contribution in [1.29, 1.82) is 0 Å². The average Bonchev–Trinajstić information content (AvgIpc) is 2.68. The third-order valence-corrected chi connectivity index (χ3v) is 5.47. The highest BCUT2D eigenvalue weighted by atomic mass is 127. The monoisotopic (exact) mass is 517 g/mol. The number of guanidine groups is 1.